The molecule has 0 aromatic carbocycles. The molecule has 14 heavy (non-hydrogen) atoms. The van der Waals surface area contributed by atoms with Crippen molar-refractivity contribution in [3.63, 3.8) is 0 Å². The standard InChI is InChI=1S/C11H21NO2/c1-13-11-4-2-3-10(9-11)12-5-7-14-8-6-12/h10-11H,2-9H2,1H3. The summed E-state index contributed by atoms with van der Waals surface area (Å²) in [6, 6.07) is 0.748. The molecule has 0 aromatic rings. The first-order valence-electron chi connectivity index (χ1n) is 5.74. The van der Waals surface area contributed by atoms with E-state index >= 15 is 0 Å². The summed E-state index contributed by atoms with van der Waals surface area (Å²) < 4.78 is 10.8. The zero-order valence-corrected chi connectivity index (χ0v) is 9.08. The molecular formula is C11H21NO2. The molecule has 82 valence electrons. The first-order chi connectivity index (χ1) is 6.90. The highest BCUT2D eigenvalue weighted by atomic mass is 16.5. The van der Waals surface area contributed by atoms with Gasteiger partial charge in [-0.1, -0.05) is 0 Å². The average molecular weight is 199 g/mol. The summed E-state index contributed by atoms with van der Waals surface area (Å²) in [7, 11) is 1.84. The van der Waals surface area contributed by atoms with E-state index in [1.54, 1.807) is 0 Å². The lowest BCUT2D eigenvalue weighted by Gasteiger charge is -2.38. The number of ether oxygens (including phenoxy) is 2. The van der Waals surface area contributed by atoms with E-state index in [-0.39, 0.29) is 0 Å². The minimum atomic E-state index is 0.497. The topological polar surface area (TPSA) is 21.7 Å². The number of rotatable bonds is 2. The molecular weight excluding hydrogens is 178 g/mol. The maximum atomic E-state index is 5.45. The van der Waals surface area contributed by atoms with Gasteiger partial charge in [-0.15, -0.1) is 0 Å². The van der Waals surface area contributed by atoms with Crippen LogP contribution in [0.1, 0.15) is 25.7 Å². The Bertz CT molecular complexity index is 169. The predicted octanol–water partition coefficient (Wildman–Crippen LogP) is 1.28. The molecule has 1 saturated carbocycles. The summed E-state index contributed by atoms with van der Waals surface area (Å²) in [5, 5.41) is 0. The molecule has 0 N–H and O–H groups in total. The van der Waals surface area contributed by atoms with Gasteiger partial charge in [0, 0.05) is 26.2 Å². The minimum Gasteiger partial charge on any atom is -0.381 e. The third-order valence-electron chi connectivity index (χ3n) is 3.49. The smallest absolute Gasteiger partial charge is 0.0594 e. The highest BCUT2D eigenvalue weighted by Gasteiger charge is 2.27. The van der Waals surface area contributed by atoms with Crippen molar-refractivity contribution in [1.29, 1.82) is 0 Å². The van der Waals surface area contributed by atoms with Gasteiger partial charge in [-0.3, -0.25) is 4.90 Å². The van der Waals surface area contributed by atoms with E-state index in [9.17, 15) is 0 Å². The third-order valence-corrected chi connectivity index (χ3v) is 3.49. The van der Waals surface area contributed by atoms with Gasteiger partial charge in [-0.25, -0.2) is 0 Å². The van der Waals surface area contributed by atoms with Gasteiger partial charge in [0.15, 0.2) is 0 Å². The molecule has 1 heterocycles. The molecule has 0 spiro atoms. The Morgan fingerprint density at radius 3 is 2.71 bits per heavy atom. The fourth-order valence-corrected chi connectivity index (χ4v) is 2.61. The van der Waals surface area contributed by atoms with Gasteiger partial charge in [-0.05, 0) is 25.7 Å². The molecule has 1 aliphatic carbocycles. The largest absolute Gasteiger partial charge is 0.381 e. The van der Waals surface area contributed by atoms with Gasteiger partial charge < -0.3 is 9.47 Å². The summed E-state index contributed by atoms with van der Waals surface area (Å²) in [6.45, 7) is 4.05. The number of hydrogen-bond acceptors (Lipinski definition) is 3. The van der Waals surface area contributed by atoms with Gasteiger partial charge in [0.1, 0.15) is 0 Å². The summed E-state index contributed by atoms with van der Waals surface area (Å²) in [4.78, 5) is 2.58. The van der Waals surface area contributed by atoms with Crippen molar-refractivity contribution in [3.8, 4) is 0 Å². The van der Waals surface area contributed by atoms with Gasteiger partial charge in [0.2, 0.25) is 0 Å². The van der Waals surface area contributed by atoms with Crippen LogP contribution in [0.25, 0.3) is 0 Å². The van der Waals surface area contributed by atoms with Crippen LogP contribution in [0, 0.1) is 0 Å². The SMILES string of the molecule is COC1CCCC(N2CCOCC2)C1. The molecule has 0 amide bonds. The maximum absolute atomic E-state index is 5.45. The summed E-state index contributed by atoms with van der Waals surface area (Å²) in [5.74, 6) is 0. The molecule has 3 nitrogen and oxygen atoms in total. The predicted molar refractivity (Wildman–Crippen MR) is 55.4 cm³/mol. The van der Waals surface area contributed by atoms with Crippen LogP contribution in [-0.4, -0.2) is 50.5 Å². The molecule has 0 aromatic heterocycles. The lowest BCUT2D eigenvalue weighted by atomic mass is 9.91. The van der Waals surface area contributed by atoms with Crippen molar-refractivity contribution in [2.24, 2.45) is 0 Å². The van der Waals surface area contributed by atoms with E-state index in [1.165, 1.54) is 25.7 Å². The van der Waals surface area contributed by atoms with Crippen LogP contribution < -0.4 is 0 Å². The lowest BCUT2D eigenvalue weighted by Crippen LogP contribution is -2.46. The highest BCUT2D eigenvalue weighted by Crippen LogP contribution is 2.25. The van der Waals surface area contributed by atoms with Gasteiger partial charge >= 0.3 is 0 Å². The van der Waals surface area contributed by atoms with Crippen LogP contribution >= 0.6 is 0 Å². The van der Waals surface area contributed by atoms with Crippen molar-refractivity contribution >= 4 is 0 Å². The van der Waals surface area contributed by atoms with E-state index in [2.05, 4.69) is 4.90 Å². The molecule has 2 atom stereocenters. The summed E-state index contributed by atoms with van der Waals surface area (Å²) in [5.41, 5.74) is 0. The third kappa shape index (κ3) is 2.47. The fourth-order valence-electron chi connectivity index (χ4n) is 2.61. The van der Waals surface area contributed by atoms with E-state index in [0.717, 1.165) is 32.3 Å². The molecule has 2 rings (SSSR count). The van der Waals surface area contributed by atoms with E-state index in [0.29, 0.717) is 6.10 Å². The maximum Gasteiger partial charge on any atom is 0.0594 e. The summed E-state index contributed by atoms with van der Waals surface area (Å²) >= 11 is 0. The monoisotopic (exact) mass is 199 g/mol. The van der Waals surface area contributed by atoms with Crippen molar-refractivity contribution in [2.45, 2.75) is 37.8 Å². The number of methoxy groups -OCH3 is 1. The minimum absolute atomic E-state index is 0.497. The van der Waals surface area contributed by atoms with Crippen molar-refractivity contribution in [1.82, 2.24) is 4.90 Å². The quantitative estimate of drug-likeness (QED) is 0.668. The van der Waals surface area contributed by atoms with Gasteiger partial charge in [0.25, 0.3) is 0 Å². The molecule has 0 bridgehead atoms. The number of morpholine rings is 1. The van der Waals surface area contributed by atoms with Crippen LogP contribution in [0.15, 0.2) is 0 Å². The first kappa shape index (κ1) is 10.4. The Labute approximate surface area is 86.4 Å². The number of nitrogens with zero attached hydrogens (tertiary/aromatic N) is 1. The van der Waals surface area contributed by atoms with Crippen LogP contribution in [-0.2, 0) is 9.47 Å². The zero-order valence-electron chi connectivity index (χ0n) is 9.08. The van der Waals surface area contributed by atoms with Gasteiger partial charge in [-0.2, -0.15) is 0 Å². The highest BCUT2D eigenvalue weighted by molar-refractivity contribution is 4.81. The average Bonchev–Trinajstić information content (AvgIpc) is 2.30. The molecule has 2 fully saturated rings. The summed E-state index contributed by atoms with van der Waals surface area (Å²) in [6.07, 6.45) is 5.63. The Kier molecular flexibility index (Phi) is 3.79. The Morgan fingerprint density at radius 1 is 1.21 bits per heavy atom. The fraction of sp³-hybridized carbons (Fsp3) is 1.00. The van der Waals surface area contributed by atoms with E-state index in [1.807, 2.05) is 7.11 Å². The Balaban J connectivity index is 1.83. The van der Waals surface area contributed by atoms with E-state index < -0.39 is 0 Å². The van der Waals surface area contributed by atoms with Crippen molar-refractivity contribution in [3.05, 3.63) is 0 Å². The molecule has 3 heteroatoms. The van der Waals surface area contributed by atoms with Crippen molar-refractivity contribution < 1.29 is 9.47 Å². The zero-order chi connectivity index (χ0) is 9.80. The Morgan fingerprint density at radius 2 is 2.00 bits per heavy atom. The molecule has 1 saturated heterocycles. The molecule has 1 aliphatic heterocycles. The van der Waals surface area contributed by atoms with Crippen LogP contribution in [0.5, 0.6) is 0 Å². The second-order valence-electron chi connectivity index (χ2n) is 4.33. The van der Waals surface area contributed by atoms with Gasteiger partial charge in [0.05, 0.1) is 19.3 Å². The normalized spacial score (nSPS) is 35.8. The Hall–Kier alpha value is -0.120. The number of hydrogen-bond donors (Lipinski definition) is 0. The second-order valence-corrected chi connectivity index (χ2v) is 4.33. The van der Waals surface area contributed by atoms with E-state index in [4.69, 9.17) is 9.47 Å². The van der Waals surface area contributed by atoms with Crippen molar-refractivity contribution in [2.75, 3.05) is 33.4 Å². The van der Waals surface area contributed by atoms with Crippen LogP contribution in [0.4, 0.5) is 0 Å². The molecule has 2 aliphatic rings. The molecule has 2 unspecified atom stereocenters. The van der Waals surface area contributed by atoms with Crippen LogP contribution in [0.3, 0.4) is 0 Å². The lowest BCUT2D eigenvalue weighted by molar-refractivity contribution is -0.0191. The first-order valence-corrected chi connectivity index (χ1v) is 5.74. The van der Waals surface area contributed by atoms with Crippen LogP contribution in [0.2, 0.25) is 0 Å². The molecule has 0 radical (unpaired) electrons. The second kappa shape index (κ2) is 5.10.